The quantitative estimate of drug-likeness (QED) is 0.835. The van der Waals surface area contributed by atoms with Gasteiger partial charge in [0.2, 0.25) is 0 Å². The number of rotatable bonds is 5. The molecule has 0 bridgehead atoms. The Kier molecular flexibility index (Phi) is 4.95. The summed E-state index contributed by atoms with van der Waals surface area (Å²) in [6, 6.07) is 9.78. The van der Waals surface area contributed by atoms with Gasteiger partial charge in [-0.3, -0.25) is 0 Å². The van der Waals surface area contributed by atoms with Crippen LogP contribution >= 0.6 is 11.3 Å². The minimum Gasteiger partial charge on any atom is -0.307 e. The maximum atomic E-state index is 13.7. The molecule has 108 valence electrons. The molecule has 20 heavy (non-hydrogen) atoms. The van der Waals surface area contributed by atoms with Crippen LogP contribution in [0.1, 0.15) is 40.8 Å². The van der Waals surface area contributed by atoms with Gasteiger partial charge in [0.05, 0.1) is 0 Å². The van der Waals surface area contributed by atoms with Gasteiger partial charge >= 0.3 is 0 Å². The summed E-state index contributed by atoms with van der Waals surface area (Å²) in [7, 11) is 0. The van der Waals surface area contributed by atoms with Gasteiger partial charge in [0, 0.05) is 21.8 Å². The second kappa shape index (κ2) is 6.51. The maximum Gasteiger partial charge on any atom is 0.126 e. The standard InChI is InChI=1S/C17H22FNS/c1-11(9-15-7-5-6-8-17(15)18)19-13(3)16-10-12(2)20-14(16)4/h5-8,10-11,13,19H,9H2,1-4H3. The highest BCUT2D eigenvalue weighted by molar-refractivity contribution is 7.12. The van der Waals surface area contributed by atoms with Gasteiger partial charge in [-0.15, -0.1) is 11.3 Å². The molecule has 0 saturated heterocycles. The van der Waals surface area contributed by atoms with Crippen molar-refractivity contribution in [2.75, 3.05) is 0 Å². The number of hydrogen-bond donors (Lipinski definition) is 1. The van der Waals surface area contributed by atoms with Crippen LogP contribution in [-0.4, -0.2) is 6.04 Å². The Morgan fingerprint density at radius 1 is 1.20 bits per heavy atom. The Hall–Kier alpha value is -1.19. The van der Waals surface area contributed by atoms with E-state index in [9.17, 15) is 4.39 Å². The van der Waals surface area contributed by atoms with E-state index in [0.29, 0.717) is 12.5 Å². The van der Waals surface area contributed by atoms with E-state index in [1.54, 1.807) is 6.07 Å². The second-order valence-corrected chi connectivity index (χ2v) is 6.91. The van der Waals surface area contributed by atoms with E-state index >= 15 is 0 Å². The third-order valence-electron chi connectivity index (χ3n) is 3.56. The molecular formula is C17H22FNS. The molecule has 1 nitrogen and oxygen atoms in total. The Balaban J connectivity index is 1.99. The largest absolute Gasteiger partial charge is 0.307 e. The molecule has 3 heteroatoms. The van der Waals surface area contributed by atoms with Crippen molar-refractivity contribution in [3.05, 3.63) is 57.0 Å². The summed E-state index contributed by atoms with van der Waals surface area (Å²) in [5.74, 6) is -0.114. The number of thiophene rings is 1. The first-order valence-electron chi connectivity index (χ1n) is 7.03. The molecule has 0 radical (unpaired) electrons. The van der Waals surface area contributed by atoms with Gasteiger partial charge in [-0.2, -0.15) is 0 Å². The molecule has 0 aliphatic heterocycles. The van der Waals surface area contributed by atoms with Crippen LogP contribution in [0.4, 0.5) is 4.39 Å². The summed E-state index contributed by atoms with van der Waals surface area (Å²) < 4.78 is 13.7. The molecule has 0 aliphatic carbocycles. The lowest BCUT2D eigenvalue weighted by atomic mass is 10.0. The van der Waals surface area contributed by atoms with Crippen LogP contribution in [0.2, 0.25) is 0 Å². The van der Waals surface area contributed by atoms with Crippen molar-refractivity contribution in [2.24, 2.45) is 0 Å². The highest BCUT2D eigenvalue weighted by atomic mass is 32.1. The lowest BCUT2D eigenvalue weighted by Gasteiger charge is -2.20. The van der Waals surface area contributed by atoms with Gasteiger partial charge in [-0.1, -0.05) is 18.2 Å². The van der Waals surface area contributed by atoms with Gasteiger partial charge in [0.15, 0.2) is 0 Å². The molecule has 2 unspecified atom stereocenters. The average Bonchev–Trinajstić information content (AvgIpc) is 2.71. The molecule has 0 fully saturated rings. The first kappa shape index (κ1) is 15.2. The van der Waals surface area contributed by atoms with Crippen molar-refractivity contribution in [1.29, 1.82) is 0 Å². The van der Waals surface area contributed by atoms with Crippen LogP contribution in [0.5, 0.6) is 0 Å². The SMILES string of the molecule is Cc1cc(C(C)NC(C)Cc2ccccc2F)c(C)s1. The lowest BCUT2D eigenvalue weighted by Crippen LogP contribution is -2.31. The molecule has 0 spiro atoms. The predicted molar refractivity (Wildman–Crippen MR) is 84.9 cm³/mol. The van der Waals surface area contributed by atoms with Gasteiger partial charge < -0.3 is 5.32 Å². The molecule has 0 amide bonds. The Morgan fingerprint density at radius 2 is 1.90 bits per heavy atom. The summed E-state index contributed by atoms with van der Waals surface area (Å²) in [4.78, 5) is 2.70. The maximum absolute atomic E-state index is 13.7. The highest BCUT2D eigenvalue weighted by Gasteiger charge is 2.14. The summed E-state index contributed by atoms with van der Waals surface area (Å²) >= 11 is 1.83. The van der Waals surface area contributed by atoms with Gasteiger partial charge in [-0.05, 0) is 57.4 Å². The number of aryl methyl sites for hydroxylation is 2. The molecule has 2 aromatic rings. The molecule has 0 aliphatic rings. The van der Waals surface area contributed by atoms with Crippen LogP contribution in [0, 0.1) is 19.7 Å². The molecule has 1 N–H and O–H groups in total. The molecular weight excluding hydrogens is 269 g/mol. The monoisotopic (exact) mass is 291 g/mol. The molecule has 1 heterocycles. The number of hydrogen-bond acceptors (Lipinski definition) is 2. The fraction of sp³-hybridized carbons (Fsp3) is 0.412. The summed E-state index contributed by atoms with van der Waals surface area (Å²) in [5.41, 5.74) is 2.13. The fourth-order valence-corrected chi connectivity index (χ4v) is 3.67. The van der Waals surface area contributed by atoms with Gasteiger partial charge in [0.25, 0.3) is 0 Å². The zero-order valence-corrected chi connectivity index (χ0v) is 13.4. The Morgan fingerprint density at radius 3 is 2.50 bits per heavy atom. The minimum atomic E-state index is -0.114. The van der Waals surface area contributed by atoms with Crippen molar-refractivity contribution in [3.8, 4) is 0 Å². The first-order chi connectivity index (χ1) is 9.47. The third-order valence-corrected chi connectivity index (χ3v) is 4.55. The zero-order chi connectivity index (χ0) is 14.7. The fourth-order valence-electron chi connectivity index (χ4n) is 2.65. The zero-order valence-electron chi connectivity index (χ0n) is 12.5. The van der Waals surface area contributed by atoms with Crippen molar-refractivity contribution in [1.82, 2.24) is 5.32 Å². The lowest BCUT2D eigenvalue weighted by molar-refractivity contribution is 0.469. The van der Waals surface area contributed by atoms with Crippen molar-refractivity contribution >= 4 is 11.3 Å². The van der Waals surface area contributed by atoms with E-state index < -0.39 is 0 Å². The number of benzene rings is 1. The Labute approximate surface area is 124 Å². The smallest absolute Gasteiger partial charge is 0.126 e. The molecule has 1 aromatic carbocycles. The van der Waals surface area contributed by atoms with Crippen LogP contribution in [0.3, 0.4) is 0 Å². The minimum absolute atomic E-state index is 0.114. The van der Waals surface area contributed by atoms with E-state index in [1.807, 2.05) is 23.5 Å². The highest BCUT2D eigenvalue weighted by Crippen LogP contribution is 2.26. The van der Waals surface area contributed by atoms with Crippen molar-refractivity contribution in [2.45, 2.75) is 46.2 Å². The van der Waals surface area contributed by atoms with Gasteiger partial charge in [0.1, 0.15) is 5.82 Å². The van der Waals surface area contributed by atoms with E-state index in [4.69, 9.17) is 0 Å². The summed E-state index contributed by atoms with van der Waals surface area (Å²) in [5, 5.41) is 3.57. The number of nitrogens with one attached hydrogen (secondary N) is 1. The van der Waals surface area contributed by atoms with E-state index in [-0.39, 0.29) is 11.9 Å². The third kappa shape index (κ3) is 3.68. The second-order valence-electron chi connectivity index (χ2n) is 5.45. The van der Waals surface area contributed by atoms with E-state index in [1.165, 1.54) is 21.4 Å². The predicted octanol–water partition coefficient (Wildman–Crippen LogP) is 4.79. The van der Waals surface area contributed by atoms with Crippen LogP contribution in [-0.2, 0) is 6.42 Å². The molecule has 1 aromatic heterocycles. The van der Waals surface area contributed by atoms with Gasteiger partial charge in [-0.25, -0.2) is 4.39 Å². The van der Waals surface area contributed by atoms with Crippen LogP contribution in [0.15, 0.2) is 30.3 Å². The van der Waals surface area contributed by atoms with E-state index in [2.05, 4.69) is 39.1 Å². The van der Waals surface area contributed by atoms with E-state index in [0.717, 1.165) is 5.56 Å². The normalized spacial score (nSPS) is 14.2. The number of halogens is 1. The molecule has 2 rings (SSSR count). The summed E-state index contributed by atoms with van der Waals surface area (Å²) in [6.45, 7) is 8.58. The van der Waals surface area contributed by atoms with Crippen molar-refractivity contribution in [3.63, 3.8) is 0 Å². The van der Waals surface area contributed by atoms with Crippen LogP contribution in [0.25, 0.3) is 0 Å². The topological polar surface area (TPSA) is 12.0 Å². The average molecular weight is 291 g/mol. The summed E-state index contributed by atoms with van der Waals surface area (Å²) in [6.07, 6.45) is 0.708. The Bertz CT molecular complexity index is 576. The molecule has 2 atom stereocenters. The van der Waals surface area contributed by atoms with Crippen molar-refractivity contribution < 1.29 is 4.39 Å². The van der Waals surface area contributed by atoms with Crippen LogP contribution < -0.4 is 5.32 Å². The molecule has 0 saturated carbocycles. The first-order valence-corrected chi connectivity index (χ1v) is 7.85.